The van der Waals surface area contributed by atoms with Crippen molar-refractivity contribution in [1.29, 1.82) is 0 Å². The van der Waals surface area contributed by atoms with Gasteiger partial charge in [-0.3, -0.25) is 0 Å². The molecule has 0 radical (unpaired) electrons. The molecule has 0 N–H and O–H groups in total. The summed E-state index contributed by atoms with van der Waals surface area (Å²) in [5, 5.41) is 11.7. The average molecular weight is 185 g/mol. The summed E-state index contributed by atoms with van der Waals surface area (Å²) in [4.78, 5) is 0. The van der Waals surface area contributed by atoms with Crippen LogP contribution in [0.4, 0.5) is 0 Å². The Morgan fingerprint density at radius 2 is 1.67 bits per heavy atom. The van der Waals surface area contributed by atoms with Crippen LogP contribution in [0.1, 0.15) is 46.0 Å². The molecule has 0 amide bonds. The van der Waals surface area contributed by atoms with E-state index in [1.807, 2.05) is 0 Å². The number of hydrogen-bond donors (Lipinski definition) is 0. The van der Waals surface area contributed by atoms with Crippen molar-refractivity contribution in [3.8, 4) is 0 Å². The molecule has 0 bridgehead atoms. The summed E-state index contributed by atoms with van der Waals surface area (Å²) < 4.78 is 0. The third kappa shape index (κ3) is 4.63. The molecule has 0 spiro atoms. The van der Waals surface area contributed by atoms with E-state index >= 15 is 0 Å². The van der Waals surface area contributed by atoms with E-state index in [2.05, 4.69) is 13.8 Å². The van der Waals surface area contributed by atoms with E-state index < -0.39 is 5.60 Å². The molecule has 1 aliphatic rings. The van der Waals surface area contributed by atoms with Crippen LogP contribution in [-0.2, 0) is 0 Å². The van der Waals surface area contributed by atoms with Gasteiger partial charge in [-0.15, -0.1) is 5.60 Å². The Labute approximate surface area is 90.4 Å². The molecule has 1 saturated carbocycles. The Bertz CT molecular complexity index is 111. The molecule has 0 heterocycles. The number of rotatable bonds is 2. The van der Waals surface area contributed by atoms with Crippen LogP contribution in [-0.4, -0.2) is 28.7 Å². The first-order valence-electron chi connectivity index (χ1n) is 4.33. The molecule has 0 aliphatic heterocycles. The largest absolute Gasteiger partial charge is 2.00 e. The second-order valence-electron chi connectivity index (χ2n) is 3.99. The summed E-state index contributed by atoms with van der Waals surface area (Å²) >= 11 is 0. The Morgan fingerprint density at radius 1 is 1.25 bits per heavy atom. The molecule has 68 valence electrons. The summed E-state index contributed by atoms with van der Waals surface area (Å²) in [7, 11) is 0. The quantitative estimate of drug-likeness (QED) is 0.471. The van der Waals surface area contributed by atoms with Crippen LogP contribution in [0.3, 0.4) is 0 Å². The van der Waals surface area contributed by atoms with Crippen molar-refractivity contribution in [1.82, 2.24) is 0 Å². The molecule has 0 aromatic rings. The van der Waals surface area contributed by atoms with E-state index in [1.165, 1.54) is 0 Å². The molecular formula is C9H17FMgO. The van der Waals surface area contributed by atoms with E-state index in [9.17, 15) is 5.11 Å². The van der Waals surface area contributed by atoms with Crippen molar-refractivity contribution in [2.24, 2.45) is 5.92 Å². The van der Waals surface area contributed by atoms with Crippen LogP contribution in [0, 0.1) is 5.92 Å². The normalized spacial score (nSPS) is 20.0. The van der Waals surface area contributed by atoms with Crippen molar-refractivity contribution in [3.05, 3.63) is 0 Å². The summed E-state index contributed by atoms with van der Waals surface area (Å²) in [5.41, 5.74) is -0.534. The van der Waals surface area contributed by atoms with Gasteiger partial charge in [0.15, 0.2) is 0 Å². The predicted octanol–water partition coefficient (Wildman–Crippen LogP) is -1.67. The second-order valence-corrected chi connectivity index (χ2v) is 3.99. The fourth-order valence-electron chi connectivity index (χ4n) is 1.97. The molecule has 3 heteroatoms. The standard InChI is InChI=1S/C9H17O.FH.Mg/c1-8(2)7-9(10)5-3-4-6-9;;/h8H,3-7H2,1-2H3;1H;/q-1;;+2/p-1. The van der Waals surface area contributed by atoms with Gasteiger partial charge in [0.05, 0.1) is 0 Å². The van der Waals surface area contributed by atoms with E-state index in [0.717, 1.165) is 32.1 Å². The van der Waals surface area contributed by atoms with Crippen molar-refractivity contribution >= 4 is 23.1 Å². The second kappa shape index (κ2) is 6.16. The van der Waals surface area contributed by atoms with Crippen molar-refractivity contribution in [2.45, 2.75) is 51.6 Å². The number of hydrogen-bond acceptors (Lipinski definition) is 1. The minimum Gasteiger partial charge on any atom is -1.00 e. The van der Waals surface area contributed by atoms with Gasteiger partial charge in [0.25, 0.3) is 0 Å². The Balaban J connectivity index is 0. The Hall–Kier alpha value is 0.656. The first kappa shape index (κ1) is 15.1. The maximum absolute atomic E-state index is 11.7. The van der Waals surface area contributed by atoms with Crippen molar-refractivity contribution in [2.75, 3.05) is 0 Å². The van der Waals surface area contributed by atoms with Crippen molar-refractivity contribution in [3.63, 3.8) is 0 Å². The van der Waals surface area contributed by atoms with Crippen LogP contribution in [0.2, 0.25) is 0 Å². The summed E-state index contributed by atoms with van der Waals surface area (Å²) in [6.07, 6.45) is 5.05. The maximum atomic E-state index is 11.7. The van der Waals surface area contributed by atoms with Gasteiger partial charge in [0.2, 0.25) is 0 Å². The SMILES string of the molecule is CC(C)CC1([O-])CCCC1.[F-].[Mg+2]. The van der Waals surface area contributed by atoms with Crippen molar-refractivity contribution < 1.29 is 9.81 Å². The van der Waals surface area contributed by atoms with E-state index in [-0.39, 0.29) is 27.8 Å². The van der Waals surface area contributed by atoms with E-state index in [1.54, 1.807) is 0 Å². The monoisotopic (exact) mass is 184 g/mol. The first-order chi connectivity index (χ1) is 4.62. The topological polar surface area (TPSA) is 23.1 Å². The van der Waals surface area contributed by atoms with E-state index in [4.69, 9.17) is 0 Å². The van der Waals surface area contributed by atoms with Crippen LogP contribution in [0.25, 0.3) is 0 Å². The van der Waals surface area contributed by atoms with Gasteiger partial charge < -0.3 is 9.81 Å². The molecule has 0 aromatic heterocycles. The summed E-state index contributed by atoms with van der Waals surface area (Å²) in [6, 6.07) is 0. The average Bonchev–Trinajstić information content (AvgIpc) is 2.12. The molecule has 12 heavy (non-hydrogen) atoms. The molecular weight excluding hydrogens is 167 g/mol. The molecule has 1 aliphatic carbocycles. The van der Waals surface area contributed by atoms with Gasteiger partial charge >= 0.3 is 23.1 Å². The molecule has 0 saturated heterocycles. The Morgan fingerprint density at radius 3 is 2.00 bits per heavy atom. The van der Waals surface area contributed by atoms with Crippen LogP contribution in [0.5, 0.6) is 0 Å². The van der Waals surface area contributed by atoms with Crippen LogP contribution >= 0.6 is 0 Å². The molecule has 1 fully saturated rings. The first-order valence-corrected chi connectivity index (χ1v) is 4.33. The minimum atomic E-state index is -0.534. The smallest absolute Gasteiger partial charge is 1.00 e. The third-order valence-electron chi connectivity index (χ3n) is 2.30. The third-order valence-corrected chi connectivity index (χ3v) is 2.30. The zero-order valence-electron chi connectivity index (χ0n) is 8.11. The minimum absolute atomic E-state index is 0. The zero-order chi connectivity index (χ0) is 7.61. The van der Waals surface area contributed by atoms with Gasteiger partial charge in [-0.2, -0.15) is 0 Å². The fourth-order valence-corrected chi connectivity index (χ4v) is 1.97. The van der Waals surface area contributed by atoms with Crippen LogP contribution in [0.15, 0.2) is 0 Å². The van der Waals surface area contributed by atoms with E-state index in [0.29, 0.717) is 5.92 Å². The molecule has 1 nitrogen and oxygen atoms in total. The Kier molecular flexibility index (Phi) is 7.78. The molecule has 0 atom stereocenters. The van der Waals surface area contributed by atoms with Crippen LogP contribution < -0.4 is 9.81 Å². The van der Waals surface area contributed by atoms with Gasteiger partial charge in [0.1, 0.15) is 0 Å². The van der Waals surface area contributed by atoms with Gasteiger partial charge in [-0.05, 0) is 5.92 Å². The molecule has 0 unspecified atom stereocenters. The van der Waals surface area contributed by atoms with Gasteiger partial charge in [0, 0.05) is 0 Å². The fraction of sp³-hybridized carbons (Fsp3) is 1.00. The summed E-state index contributed by atoms with van der Waals surface area (Å²) in [6.45, 7) is 4.27. The predicted molar refractivity (Wildman–Crippen MR) is 46.4 cm³/mol. The van der Waals surface area contributed by atoms with Gasteiger partial charge in [-0.1, -0.05) is 46.0 Å². The molecule has 1 rings (SSSR count). The zero-order valence-corrected chi connectivity index (χ0v) is 9.52. The van der Waals surface area contributed by atoms with Gasteiger partial charge in [-0.25, -0.2) is 0 Å². The molecule has 0 aromatic carbocycles. The number of halogens is 1. The summed E-state index contributed by atoms with van der Waals surface area (Å²) in [5.74, 6) is 0.579. The maximum Gasteiger partial charge on any atom is 2.00 e.